The van der Waals surface area contributed by atoms with Gasteiger partial charge in [0.1, 0.15) is 24.2 Å². The van der Waals surface area contributed by atoms with Crippen molar-refractivity contribution in [3.63, 3.8) is 0 Å². The summed E-state index contributed by atoms with van der Waals surface area (Å²) < 4.78 is 48.1. The molecule has 0 saturated carbocycles. The molecule has 0 aliphatic heterocycles. The second kappa shape index (κ2) is 15.5. The van der Waals surface area contributed by atoms with Crippen molar-refractivity contribution >= 4 is 39.1 Å². The lowest BCUT2D eigenvalue weighted by Crippen LogP contribution is -2.53. The summed E-state index contributed by atoms with van der Waals surface area (Å²) in [7, 11) is -2.87. The molecule has 8 nitrogen and oxygen atoms in total. The first-order valence-corrected chi connectivity index (χ1v) is 16.2. The van der Waals surface area contributed by atoms with E-state index in [1.54, 1.807) is 24.3 Å². The molecule has 4 aromatic rings. The maximum Gasteiger partial charge on any atom is 0.264 e. The van der Waals surface area contributed by atoms with Crippen LogP contribution in [0.15, 0.2) is 108 Å². The Labute approximate surface area is 268 Å². The number of methoxy groups -OCH3 is 1. The van der Waals surface area contributed by atoms with Crippen LogP contribution in [0.25, 0.3) is 0 Å². The molecule has 0 aliphatic carbocycles. The molecule has 1 N–H and O–H groups in total. The number of sulfonamides is 1. The first-order valence-electron chi connectivity index (χ1n) is 14.4. The molecule has 0 bridgehead atoms. The number of hydrogen-bond donors (Lipinski definition) is 1. The zero-order valence-corrected chi connectivity index (χ0v) is 26.6. The molecule has 45 heavy (non-hydrogen) atoms. The van der Waals surface area contributed by atoms with Gasteiger partial charge in [0, 0.05) is 24.5 Å². The van der Waals surface area contributed by atoms with Gasteiger partial charge in [0.15, 0.2) is 0 Å². The van der Waals surface area contributed by atoms with Crippen molar-refractivity contribution in [1.82, 2.24) is 10.2 Å². The maximum atomic E-state index is 14.4. The van der Waals surface area contributed by atoms with Crippen LogP contribution in [0.5, 0.6) is 5.75 Å². The number of carbonyl (C=O) groups is 2. The summed E-state index contributed by atoms with van der Waals surface area (Å²) in [6.45, 7) is 1.68. The van der Waals surface area contributed by atoms with Gasteiger partial charge < -0.3 is 15.0 Å². The summed E-state index contributed by atoms with van der Waals surface area (Å²) >= 11 is 6.11. The largest absolute Gasteiger partial charge is 0.497 e. The standard InChI is InChI=1S/C34H35ClFN3O5S/c1-3-21-37-34(41)32(22-25-7-5-4-6-8-25)38(23-26-9-11-27(35)12-10-26)33(40)24-39(29-15-13-28(36)14-16-29)45(42,43)31-19-17-30(44-2)18-20-31/h4-20,32H,3,21-24H2,1-2H3,(H,37,41)/t32-/m0/s1. The second-order valence-electron chi connectivity index (χ2n) is 10.3. The van der Waals surface area contributed by atoms with Crippen molar-refractivity contribution in [3.8, 4) is 5.75 Å². The number of nitrogens with one attached hydrogen (secondary N) is 1. The zero-order valence-electron chi connectivity index (χ0n) is 25.0. The summed E-state index contributed by atoms with van der Waals surface area (Å²) in [5.74, 6) is -1.10. The fourth-order valence-corrected chi connectivity index (χ4v) is 6.26. The lowest BCUT2D eigenvalue weighted by Gasteiger charge is -2.34. The molecule has 1 atom stereocenters. The van der Waals surface area contributed by atoms with E-state index in [1.165, 1.54) is 48.4 Å². The minimum atomic E-state index is -4.33. The van der Waals surface area contributed by atoms with Gasteiger partial charge in [-0.25, -0.2) is 12.8 Å². The van der Waals surface area contributed by atoms with Gasteiger partial charge in [-0.2, -0.15) is 0 Å². The molecule has 0 aromatic heterocycles. The fourth-order valence-electron chi connectivity index (χ4n) is 4.72. The average molecular weight is 652 g/mol. The van der Waals surface area contributed by atoms with Gasteiger partial charge in [0.2, 0.25) is 11.8 Å². The highest BCUT2D eigenvalue weighted by molar-refractivity contribution is 7.92. The average Bonchev–Trinajstić information content (AvgIpc) is 3.05. The Hall–Kier alpha value is -4.41. The van der Waals surface area contributed by atoms with E-state index in [-0.39, 0.29) is 29.5 Å². The molecule has 11 heteroatoms. The van der Waals surface area contributed by atoms with Gasteiger partial charge in [-0.3, -0.25) is 13.9 Å². The molecule has 236 valence electrons. The van der Waals surface area contributed by atoms with E-state index >= 15 is 0 Å². The fraction of sp³-hybridized carbons (Fsp3) is 0.235. The zero-order chi connectivity index (χ0) is 32.4. The number of amides is 2. The first kappa shape index (κ1) is 33.5. The van der Waals surface area contributed by atoms with Crippen molar-refractivity contribution in [3.05, 3.63) is 125 Å². The highest BCUT2D eigenvalue weighted by Gasteiger charge is 2.34. The van der Waals surface area contributed by atoms with E-state index in [1.807, 2.05) is 37.3 Å². The van der Waals surface area contributed by atoms with Crippen LogP contribution < -0.4 is 14.4 Å². The molecule has 4 aromatic carbocycles. The van der Waals surface area contributed by atoms with Crippen molar-refractivity contribution in [2.24, 2.45) is 0 Å². The van der Waals surface area contributed by atoms with Crippen LogP contribution in [0.3, 0.4) is 0 Å². The Bertz CT molecular complexity index is 1670. The topological polar surface area (TPSA) is 96.0 Å². The third-order valence-electron chi connectivity index (χ3n) is 7.13. The van der Waals surface area contributed by atoms with Gasteiger partial charge in [0.05, 0.1) is 17.7 Å². The summed E-state index contributed by atoms with van der Waals surface area (Å²) in [6.07, 6.45) is 0.880. The van der Waals surface area contributed by atoms with Crippen molar-refractivity contribution < 1.29 is 27.1 Å². The van der Waals surface area contributed by atoms with E-state index in [2.05, 4.69) is 5.32 Å². The van der Waals surface area contributed by atoms with Crippen LogP contribution >= 0.6 is 11.6 Å². The minimum Gasteiger partial charge on any atom is -0.497 e. The first-order chi connectivity index (χ1) is 21.6. The third kappa shape index (κ3) is 8.83. The molecule has 2 amide bonds. The molecule has 0 radical (unpaired) electrons. The quantitative estimate of drug-likeness (QED) is 0.185. The summed E-state index contributed by atoms with van der Waals surface area (Å²) in [5, 5.41) is 3.41. The Kier molecular flexibility index (Phi) is 11.6. The van der Waals surface area contributed by atoms with E-state index in [4.69, 9.17) is 16.3 Å². The summed E-state index contributed by atoms with van der Waals surface area (Å²) in [6, 6.07) is 25.7. The van der Waals surface area contributed by atoms with Crippen LogP contribution in [0.1, 0.15) is 24.5 Å². The number of halogens is 2. The molecule has 0 heterocycles. The van der Waals surface area contributed by atoms with Crippen LogP contribution in [0.4, 0.5) is 10.1 Å². The molecule has 0 aliphatic rings. The highest BCUT2D eigenvalue weighted by atomic mass is 35.5. The number of nitrogens with zero attached hydrogens (tertiary/aromatic N) is 2. The van der Waals surface area contributed by atoms with Crippen molar-refractivity contribution in [2.45, 2.75) is 37.2 Å². The third-order valence-corrected chi connectivity index (χ3v) is 9.17. The smallest absolute Gasteiger partial charge is 0.264 e. The predicted molar refractivity (Wildman–Crippen MR) is 173 cm³/mol. The van der Waals surface area contributed by atoms with Crippen LogP contribution in [-0.2, 0) is 32.6 Å². The Morgan fingerprint density at radius 1 is 0.889 bits per heavy atom. The van der Waals surface area contributed by atoms with E-state index in [0.29, 0.717) is 29.3 Å². The molecular weight excluding hydrogens is 617 g/mol. The number of benzene rings is 4. The molecule has 0 spiro atoms. The van der Waals surface area contributed by atoms with Crippen LogP contribution in [0, 0.1) is 5.82 Å². The highest BCUT2D eigenvalue weighted by Crippen LogP contribution is 2.27. The van der Waals surface area contributed by atoms with Crippen LogP contribution in [0.2, 0.25) is 5.02 Å². The lowest BCUT2D eigenvalue weighted by atomic mass is 10.0. The van der Waals surface area contributed by atoms with E-state index in [9.17, 15) is 22.4 Å². The predicted octanol–water partition coefficient (Wildman–Crippen LogP) is 5.85. The molecule has 0 saturated heterocycles. The van der Waals surface area contributed by atoms with Gasteiger partial charge in [-0.15, -0.1) is 0 Å². The normalized spacial score (nSPS) is 11.8. The van der Waals surface area contributed by atoms with E-state index in [0.717, 1.165) is 22.0 Å². The molecule has 0 unspecified atom stereocenters. The number of carbonyl (C=O) groups excluding carboxylic acids is 2. The van der Waals surface area contributed by atoms with Gasteiger partial charge in [0.25, 0.3) is 10.0 Å². The minimum absolute atomic E-state index is 0.00683. The number of rotatable bonds is 14. The Balaban J connectivity index is 1.78. The Morgan fingerprint density at radius 3 is 2.13 bits per heavy atom. The van der Waals surface area contributed by atoms with Crippen molar-refractivity contribution in [2.75, 3.05) is 24.5 Å². The SMILES string of the molecule is CCCNC(=O)[C@H](Cc1ccccc1)N(Cc1ccc(Cl)cc1)C(=O)CN(c1ccc(F)cc1)S(=O)(=O)c1ccc(OC)cc1. The monoisotopic (exact) mass is 651 g/mol. The van der Waals surface area contributed by atoms with Gasteiger partial charge in [-0.1, -0.05) is 61.0 Å². The molecular formula is C34H35ClFN3O5S. The van der Waals surface area contributed by atoms with Crippen molar-refractivity contribution in [1.29, 1.82) is 0 Å². The number of anilines is 1. The maximum absolute atomic E-state index is 14.4. The van der Waals surface area contributed by atoms with Crippen LogP contribution in [-0.4, -0.2) is 51.4 Å². The Morgan fingerprint density at radius 2 is 1.53 bits per heavy atom. The molecule has 4 rings (SSSR count). The second-order valence-corrected chi connectivity index (χ2v) is 12.6. The van der Waals surface area contributed by atoms with Gasteiger partial charge >= 0.3 is 0 Å². The molecule has 0 fully saturated rings. The van der Waals surface area contributed by atoms with E-state index < -0.39 is 34.3 Å². The summed E-state index contributed by atoms with van der Waals surface area (Å²) in [5.41, 5.74) is 1.60. The summed E-state index contributed by atoms with van der Waals surface area (Å²) in [4.78, 5) is 29.3. The van der Waals surface area contributed by atoms with Gasteiger partial charge in [-0.05, 0) is 78.2 Å². The number of hydrogen-bond acceptors (Lipinski definition) is 5. The lowest BCUT2D eigenvalue weighted by molar-refractivity contribution is -0.140. The number of ether oxygens (including phenoxy) is 1.